The zero-order valence-corrected chi connectivity index (χ0v) is 9.41. The van der Waals surface area contributed by atoms with Crippen LogP contribution in [0.15, 0.2) is 30.5 Å². The number of benzene rings is 1. The van der Waals surface area contributed by atoms with E-state index >= 15 is 0 Å². The van der Waals surface area contributed by atoms with Crippen LogP contribution < -0.4 is 4.74 Å². The zero-order chi connectivity index (χ0) is 13.0. The van der Waals surface area contributed by atoms with Gasteiger partial charge in [-0.3, -0.25) is 10.1 Å². The van der Waals surface area contributed by atoms with E-state index in [-0.39, 0.29) is 24.2 Å². The van der Waals surface area contributed by atoms with Gasteiger partial charge in [0, 0.05) is 24.1 Å². The van der Waals surface area contributed by atoms with E-state index in [9.17, 15) is 14.9 Å². The molecule has 0 N–H and O–H groups in total. The summed E-state index contributed by atoms with van der Waals surface area (Å²) in [5.74, 6) is 0.491. The van der Waals surface area contributed by atoms with Crippen molar-refractivity contribution in [3.05, 3.63) is 40.6 Å². The fraction of sp³-hybridized carbons (Fsp3) is 0.167. The molecule has 18 heavy (non-hydrogen) atoms. The van der Waals surface area contributed by atoms with Gasteiger partial charge in [-0.2, -0.15) is 0 Å². The van der Waals surface area contributed by atoms with Gasteiger partial charge in [0.1, 0.15) is 12.0 Å². The van der Waals surface area contributed by atoms with Crippen molar-refractivity contribution in [3.8, 4) is 5.75 Å². The van der Waals surface area contributed by atoms with Gasteiger partial charge >= 0.3 is 0 Å². The lowest BCUT2D eigenvalue weighted by molar-refractivity contribution is -0.383. The molecule has 0 aliphatic heterocycles. The van der Waals surface area contributed by atoms with Gasteiger partial charge < -0.3 is 9.53 Å². The van der Waals surface area contributed by atoms with Gasteiger partial charge in [0.2, 0.25) is 0 Å². The number of ether oxygens (including phenoxy) is 1. The second kappa shape index (κ2) is 5.22. The van der Waals surface area contributed by atoms with Crippen molar-refractivity contribution in [3.63, 3.8) is 0 Å². The molecule has 92 valence electrons. The minimum Gasteiger partial charge on any atom is -0.492 e. The Bertz CT molecular complexity index is 598. The normalized spacial score (nSPS) is 10.2. The van der Waals surface area contributed by atoms with Gasteiger partial charge in [-0.15, -0.1) is 0 Å². The molecule has 0 radical (unpaired) electrons. The van der Waals surface area contributed by atoms with Crippen molar-refractivity contribution < 1.29 is 14.5 Å². The van der Waals surface area contributed by atoms with Crippen LogP contribution in [-0.4, -0.2) is 22.8 Å². The van der Waals surface area contributed by atoms with E-state index in [4.69, 9.17) is 4.74 Å². The molecule has 1 aromatic heterocycles. The second-order valence-corrected chi connectivity index (χ2v) is 3.54. The van der Waals surface area contributed by atoms with Gasteiger partial charge in [0.25, 0.3) is 5.69 Å². The van der Waals surface area contributed by atoms with E-state index in [1.165, 1.54) is 18.3 Å². The first-order chi connectivity index (χ1) is 8.74. The van der Waals surface area contributed by atoms with Crippen LogP contribution in [0.4, 0.5) is 5.69 Å². The number of aldehydes is 1. The second-order valence-electron chi connectivity index (χ2n) is 3.54. The van der Waals surface area contributed by atoms with Crippen LogP contribution in [0.3, 0.4) is 0 Å². The summed E-state index contributed by atoms with van der Waals surface area (Å²) in [6.45, 7) is 0.241. The molecule has 0 bridgehead atoms. The highest BCUT2D eigenvalue weighted by Gasteiger charge is 2.15. The predicted octanol–water partition coefficient (Wildman–Crippen LogP) is 2.11. The lowest BCUT2D eigenvalue weighted by Gasteiger charge is -2.07. The van der Waals surface area contributed by atoms with Crippen molar-refractivity contribution in [1.82, 2.24) is 4.98 Å². The molecular weight excluding hydrogens is 236 g/mol. The van der Waals surface area contributed by atoms with Crippen LogP contribution >= 0.6 is 0 Å². The predicted molar refractivity (Wildman–Crippen MR) is 64.6 cm³/mol. The molecule has 2 aromatic rings. The minimum atomic E-state index is -0.482. The molecular formula is C12H10N2O4. The van der Waals surface area contributed by atoms with Gasteiger partial charge in [-0.05, 0) is 18.2 Å². The Balaban J connectivity index is 2.47. The molecule has 6 nitrogen and oxygen atoms in total. The summed E-state index contributed by atoms with van der Waals surface area (Å²) >= 11 is 0. The van der Waals surface area contributed by atoms with E-state index in [0.717, 1.165) is 6.29 Å². The highest BCUT2D eigenvalue weighted by molar-refractivity contribution is 5.91. The lowest BCUT2D eigenvalue weighted by Crippen LogP contribution is -1.99. The Morgan fingerprint density at radius 3 is 2.94 bits per heavy atom. The first-order valence-electron chi connectivity index (χ1n) is 5.32. The molecule has 0 saturated carbocycles. The first kappa shape index (κ1) is 12.0. The fourth-order valence-corrected chi connectivity index (χ4v) is 1.62. The van der Waals surface area contributed by atoms with Crippen LogP contribution in [0, 0.1) is 10.1 Å². The summed E-state index contributed by atoms with van der Waals surface area (Å²) in [5.41, 5.74) is 0.222. The standard InChI is InChI=1S/C12H10N2O4/c15-7-2-8-18-11-5-4-10(14(16)17)12-9(11)3-1-6-13-12/h1,3-7H,2,8H2. The third-order valence-corrected chi connectivity index (χ3v) is 2.40. The number of aromatic nitrogens is 1. The largest absolute Gasteiger partial charge is 0.492 e. The Kier molecular flexibility index (Phi) is 3.47. The number of pyridine rings is 1. The van der Waals surface area contributed by atoms with Crippen molar-refractivity contribution >= 4 is 22.9 Å². The smallest absolute Gasteiger partial charge is 0.295 e. The number of nitro groups is 1. The molecule has 1 aromatic carbocycles. The summed E-state index contributed by atoms with van der Waals surface area (Å²) in [6, 6.07) is 6.25. The Labute approximate surface area is 102 Å². The zero-order valence-electron chi connectivity index (χ0n) is 9.41. The summed E-state index contributed by atoms with van der Waals surface area (Å²) in [7, 11) is 0. The monoisotopic (exact) mass is 246 g/mol. The van der Waals surface area contributed by atoms with Crippen LogP contribution in [0.5, 0.6) is 5.75 Å². The van der Waals surface area contributed by atoms with E-state index in [1.54, 1.807) is 12.1 Å². The summed E-state index contributed by atoms with van der Waals surface area (Å²) in [5, 5.41) is 11.4. The lowest BCUT2D eigenvalue weighted by atomic mass is 10.1. The Morgan fingerprint density at radius 1 is 1.39 bits per heavy atom. The van der Waals surface area contributed by atoms with Gasteiger partial charge in [0.05, 0.1) is 11.5 Å². The van der Waals surface area contributed by atoms with Gasteiger partial charge in [-0.25, -0.2) is 4.98 Å². The Hall–Kier alpha value is -2.50. The summed E-state index contributed by atoms with van der Waals surface area (Å²) < 4.78 is 5.40. The molecule has 0 spiro atoms. The van der Waals surface area contributed by atoms with E-state index in [0.29, 0.717) is 11.1 Å². The molecule has 1 heterocycles. The summed E-state index contributed by atoms with van der Waals surface area (Å²) in [6.07, 6.45) is 2.52. The van der Waals surface area contributed by atoms with E-state index < -0.39 is 4.92 Å². The number of nitro benzene ring substituents is 1. The average Bonchev–Trinajstić information content (AvgIpc) is 2.38. The number of carbonyl (C=O) groups excluding carboxylic acids is 1. The first-order valence-corrected chi connectivity index (χ1v) is 5.32. The molecule has 0 amide bonds. The third-order valence-electron chi connectivity index (χ3n) is 2.40. The number of hydrogen-bond acceptors (Lipinski definition) is 5. The van der Waals surface area contributed by atoms with Crippen molar-refractivity contribution in [2.45, 2.75) is 6.42 Å². The maximum Gasteiger partial charge on any atom is 0.295 e. The van der Waals surface area contributed by atoms with Gasteiger partial charge in [-0.1, -0.05) is 0 Å². The van der Waals surface area contributed by atoms with E-state index in [2.05, 4.69) is 4.98 Å². The highest BCUT2D eigenvalue weighted by Crippen LogP contribution is 2.31. The Morgan fingerprint density at radius 2 is 2.22 bits per heavy atom. The summed E-state index contributed by atoms with van der Waals surface area (Å²) in [4.78, 5) is 24.6. The average molecular weight is 246 g/mol. The molecule has 0 aliphatic carbocycles. The molecule has 0 fully saturated rings. The van der Waals surface area contributed by atoms with Crippen molar-refractivity contribution in [2.75, 3.05) is 6.61 Å². The van der Waals surface area contributed by atoms with Crippen molar-refractivity contribution in [1.29, 1.82) is 0 Å². The van der Waals surface area contributed by atoms with Crippen LogP contribution in [0.1, 0.15) is 6.42 Å². The van der Waals surface area contributed by atoms with Crippen LogP contribution in [0.2, 0.25) is 0 Å². The number of rotatable bonds is 5. The molecule has 0 atom stereocenters. The van der Waals surface area contributed by atoms with Gasteiger partial charge in [0.15, 0.2) is 5.52 Å². The number of nitrogens with zero attached hydrogens (tertiary/aromatic N) is 2. The topological polar surface area (TPSA) is 82.3 Å². The molecule has 0 unspecified atom stereocenters. The number of hydrogen-bond donors (Lipinski definition) is 0. The minimum absolute atomic E-state index is 0.0617. The van der Waals surface area contributed by atoms with Crippen LogP contribution in [-0.2, 0) is 4.79 Å². The van der Waals surface area contributed by atoms with Crippen molar-refractivity contribution in [2.24, 2.45) is 0 Å². The quantitative estimate of drug-likeness (QED) is 0.349. The SMILES string of the molecule is O=CCCOc1ccc([N+](=O)[O-])c2ncccc12. The fourth-order valence-electron chi connectivity index (χ4n) is 1.62. The molecule has 0 saturated heterocycles. The number of carbonyl (C=O) groups is 1. The number of fused-ring (bicyclic) bond motifs is 1. The highest BCUT2D eigenvalue weighted by atomic mass is 16.6. The third kappa shape index (κ3) is 2.27. The molecule has 6 heteroatoms. The number of non-ortho nitro benzene ring substituents is 1. The molecule has 0 aliphatic rings. The maximum atomic E-state index is 10.9. The van der Waals surface area contributed by atoms with E-state index in [1.807, 2.05) is 0 Å². The van der Waals surface area contributed by atoms with Crippen LogP contribution in [0.25, 0.3) is 10.9 Å². The maximum absolute atomic E-state index is 10.9. The molecule has 2 rings (SSSR count).